The van der Waals surface area contributed by atoms with Gasteiger partial charge in [0.2, 0.25) is 0 Å². The summed E-state index contributed by atoms with van der Waals surface area (Å²) in [6.45, 7) is 8.34. The third-order valence-corrected chi connectivity index (χ3v) is 7.61. The number of anilines is 1. The lowest BCUT2D eigenvalue weighted by molar-refractivity contribution is -0.137. The van der Waals surface area contributed by atoms with E-state index in [4.69, 9.17) is 14.6 Å². The van der Waals surface area contributed by atoms with Gasteiger partial charge in [-0.25, -0.2) is 9.37 Å². The van der Waals surface area contributed by atoms with Crippen molar-refractivity contribution in [3.8, 4) is 22.6 Å². The normalized spacial score (nSPS) is 17.9. The number of rotatable bonds is 9. The highest BCUT2D eigenvalue weighted by molar-refractivity contribution is 5.77. The minimum absolute atomic E-state index is 0.00177. The Kier molecular flexibility index (Phi) is 7.25. The van der Waals surface area contributed by atoms with E-state index in [1.54, 1.807) is 26.1 Å². The maximum atomic E-state index is 15.3. The van der Waals surface area contributed by atoms with Crippen LogP contribution in [0.5, 0.6) is 11.5 Å². The fourth-order valence-electron chi connectivity index (χ4n) is 5.74. The molecule has 5 rings (SSSR count). The van der Waals surface area contributed by atoms with Gasteiger partial charge in [0.15, 0.2) is 0 Å². The van der Waals surface area contributed by atoms with E-state index in [0.29, 0.717) is 36.8 Å². The average molecular weight is 535 g/mol. The fraction of sp³-hybridized carbons (Fsp3) is 0.419. The molecule has 0 amide bonds. The predicted molar refractivity (Wildman–Crippen MR) is 147 cm³/mol. The maximum absolute atomic E-state index is 15.3. The van der Waals surface area contributed by atoms with Crippen LogP contribution in [-0.4, -0.2) is 40.0 Å². The molecule has 1 aromatic heterocycles. The monoisotopic (exact) mass is 534 g/mol. The number of carboxylic acid groups (broad SMARTS) is 1. The Labute approximate surface area is 228 Å². The van der Waals surface area contributed by atoms with Gasteiger partial charge >= 0.3 is 5.97 Å². The number of fused-ring (bicyclic) bond motifs is 2. The lowest BCUT2D eigenvalue weighted by Crippen LogP contribution is -2.21. The number of pyridine rings is 1. The van der Waals surface area contributed by atoms with Crippen LogP contribution in [0.4, 0.5) is 10.2 Å². The van der Waals surface area contributed by atoms with Crippen molar-refractivity contribution in [1.29, 1.82) is 0 Å². The zero-order valence-electron chi connectivity index (χ0n) is 22.8. The van der Waals surface area contributed by atoms with E-state index in [2.05, 4.69) is 10.3 Å². The van der Waals surface area contributed by atoms with Crippen molar-refractivity contribution in [2.75, 3.05) is 18.5 Å². The zero-order chi connectivity index (χ0) is 27.9. The molecule has 0 radical (unpaired) electrons. The molecule has 2 atom stereocenters. The van der Waals surface area contributed by atoms with Crippen LogP contribution in [0.3, 0.4) is 0 Å². The smallest absolute Gasteiger partial charge is 0.304 e. The fourth-order valence-corrected chi connectivity index (χ4v) is 5.74. The number of aliphatic hydroxyl groups is 1. The Hall–Kier alpha value is -3.65. The van der Waals surface area contributed by atoms with Gasteiger partial charge in [0.1, 0.15) is 23.1 Å². The molecule has 0 saturated carbocycles. The Morgan fingerprint density at radius 3 is 2.67 bits per heavy atom. The molecule has 2 heterocycles. The van der Waals surface area contributed by atoms with Crippen LogP contribution in [0, 0.1) is 19.7 Å². The SMILES string of the molecule is Cc1cc(OCCC(C)(C)O)cc(C)c1-c1ccc(F)c2c1CCC2Nc1cc2c(cn1)C(CC(=O)O)CO2. The van der Waals surface area contributed by atoms with Crippen LogP contribution >= 0.6 is 0 Å². The van der Waals surface area contributed by atoms with Crippen molar-refractivity contribution in [2.24, 2.45) is 0 Å². The summed E-state index contributed by atoms with van der Waals surface area (Å²) in [5.74, 6) is 0.632. The minimum Gasteiger partial charge on any atom is -0.493 e. The molecule has 39 heavy (non-hydrogen) atoms. The number of aliphatic carboxylic acids is 1. The van der Waals surface area contributed by atoms with E-state index >= 15 is 4.39 Å². The van der Waals surface area contributed by atoms with Crippen molar-refractivity contribution >= 4 is 11.8 Å². The summed E-state index contributed by atoms with van der Waals surface area (Å²) in [6.07, 6.45) is 3.64. The van der Waals surface area contributed by atoms with Crippen LogP contribution in [-0.2, 0) is 11.2 Å². The molecule has 1 aliphatic carbocycles. The first-order chi connectivity index (χ1) is 18.5. The number of ether oxygens (including phenoxy) is 2. The quantitative estimate of drug-likeness (QED) is 0.305. The van der Waals surface area contributed by atoms with E-state index < -0.39 is 11.6 Å². The number of nitrogens with zero attached hydrogens (tertiary/aromatic N) is 1. The molecule has 3 aromatic rings. The molecule has 2 aliphatic rings. The van der Waals surface area contributed by atoms with Crippen LogP contribution < -0.4 is 14.8 Å². The highest BCUT2D eigenvalue weighted by Crippen LogP contribution is 2.44. The molecule has 3 N–H and O–H groups in total. The number of halogens is 1. The number of hydrogen-bond acceptors (Lipinski definition) is 6. The molecule has 1 aliphatic heterocycles. The molecule has 2 unspecified atom stereocenters. The molecule has 7 nitrogen and oxygen atoms in total. The molecule has 0 saturated heterocycles. The number of benzene rings is 2. The summed E-state index contributed by atoms with van der Waals surface area (Å²) in [5, 5.41) is 22.5. The van der Waals surface area contributed by atoms with Crippen LogP contribution in [0.1, 0.15) is 72.9 Å². The van der Waals surface area contributed by atoms with Gasteiger partial charge in [0, 0.05) is 35.7 Å². The lowest BCUT2D eigenvalue weighted by atomic mass is 9.90. The van der Waals surface area contributed by atoms with E-state index in [1.807, 2.05) is 32.0 Å². The predicted octanol–water partition coefficient (Wildman–Crippen LogP) is 6.09. The first-order valence-electron chi connectivity index (χ1n) is 13.4. The Morgan fingerprint density at radius 2 is 1.97 bits per heavy atom. The Balaban J connectivity index is 1.38. The van der Waals surface area contributed by atoms with Crippen LogP contribution in [0.15, 0.2) is 36.5 Å². The number of carboxylic acids is 1. The second kappa shape index (κ2) is 10.5. The van der Waals surface area contributed by atoms with Gasteiger partial charge < -0.3 is 25.0 Å². The molecular formula is C31H35FN2O5. The highest BCUT2D eigenvalue weighted by Gasteiger charge is 2.31. The summed E-state index contributed by atoms with van der Waals surface area (Å²) in [4.78, 5) is 15.6. The van der Waals surface area contributed by atoms with Crippen molar-refractivity contribution in [3.63, 3.8) is 0 Å². The number of aryl methyl sites for hydroxylation is 2. The van der Waals surface area contributed by atoms with E-state index in [-0.39, 0.29) is 24.2 Å². The van der Waals surface area contributed by atoms with Gasteiger partial charge in [-0.05, 0) is 86.6 Å². The summed E-state index contributed by atoms with van der Waals surface area (Å²) in [5.41, 5.74) is 5.86. The third-order valence-electron chi connectivity index (χ3n) is 7.61. The second-order valence-corrected chi connectivity index (χ2v) is 11.3. The lowest BCUT2D eigenvalue weighted by Gasteiger charge is -2.20. The largest absolute Gasteiger partial charge is 0.493 e. The topological polar surface area (TPSA) is 101 Å². The highest BCUT2D eigenvalue weighted by atomic mass is 19.1. The van der Waals surface area contributed by atoms with Gasteiger partial charge in [-0.15, -0.1) is 0 Å². The number of hydrogen-bond donors (Lipinski definition) is 3. The summed E-state index contributed by atoms with van der Waals surface area (Å²) >= 11 is 0. The molecule has 0 spiro atoms. The molecular weight excluding hydrogens is 499 g/mol. The second-order valence-electron chi connectivity index (χ2n) is 11.3. The van der Waals surface area contributed by atoms with Crippen molar-refractivity contribution in [1.82, 2.24) is 4.98 Å². The number of nitrogens with one attached hydrogen (secondary N) is 1. The summed E-state index contributed by atoms with van der Waals surface area (Å²) in [6, 6.07) is 8.94. The summed E-state index contributed by atoms with van der Waals surface area (Å²) < 4.78 is 26.9. The van der Waals surface area contributed by atoms with Gasteiger partial charge in [-0.1, -0.05) is 6.07 Å². The van der Waals surface area contributed by atoms with Gasteiger partial charge in [-0.3, -0.25) is 4.79 Å². The number of carbonyl (C=O) groups is 1. The molecule has 8 heteroatoms. The Bertz CT molecular complexity index is 1390. The first-order valence-corrected chi connectivity index (χ1v) is 13.4. The van der Waals surface area contributed by atoms with E-state index in [1.165, 1.54) is 6.07 Å². The van der Waals surface area contributed by atoms with E-state index in [9.17, 15) is 9.90 Å². The minimum atomic E-state index is -0.870. The maximum Gasteiger partial charge on any atom is 0.304 e. The van der Waals surface area contributed by atoms with E-state index in [0.717, 1.165) is 52.0 Å². The molecule has 206 valence electrons. The average Bonchev–Trinajstić information content (AvgIpc) is 3.44. The molecule has 0 fully saturated rings. The van der Waals surface area contributed by atoms with Crippen LogP contribution in [0.2, 0.25) is 0 Å². The number of aromatic nitrogens is 1. The van der Waals surface area contributed by atoms with Gasteiger partial charge in [0.25, 0.3) is 0 Å². The van der Waals surface area contributed by atoms with Crippen molar-refractivity contribution < 1.29 is 28.9 Å². The Morgan fingerprint density at radius 1 is 1.23 bits per heavy atom. The van der Waals surface area contributed by atoms with Gasteiger partial charge in [0.05, 0.1) is 31.3 Å². The summed E-state index contributed by atoms with van der Waals surface area (Å²) in [7, 11) is 0. The third kappa shape index (κ3) is 5.71. The standard InChI is InChI=1S/C31H35FN2O5/c1-17-11-20(38-10-9-31(3,4)37)12-18(2)29(17)21-5-7-24(32)30-22(21)6-8-25(30)34-27-14-26-23(15-33-27)19(16-39-26)13-28(35)36/h5,7,11-12,14-15,19,25,37H,6,8-10,13,16H2,1-4H3,(H,33,34)(H,35,36). The van der Waals surface area contributed by atoms with Crippen molar-refractivity contribution in [2.45, 2.75) is 70.9 Å². The molecule has 0 bridgehead atoms. The zero-order valence-corrected chi connectivity index (χ0v) is 22.8. The van der Waals surface area contributed by atoms with Gasteiger partial charge in [-0.2, -0.15) is 0 Å². The molecule has 2 aromatic carbocycles. The van der Waals surface area contributed by atoms with Crippen LogP contribution in [0.25, 0.3) is 11.1 Å². The van der Waals surface area contributed by atoms with Crippen molar-refractivity contribution in [3.05, 3.63) is 70.2 Å². The first kappa shape index (κ1) is 26.9.